The van der Waals surface area contributed by atoms with Crippen molar-refractivity contribution in [3.63, 3.8) is 0 Å². The van der Waals surface area contributed by atoms with Crippen LogP contribution < -0.4 is 14.8 Å². The Kier molecular flexibility index (Phi) is 5.31. The number of hydrogen-bond donors (Lipinski definition) is 1. The highest BCUT2D eigenvalue weighted by Crippen LogP contribution is 2.45. The minimum absolute atomic E-state index is 0.0729. The van der Waals surface area contributed by atoms with E-state index >= 15 is 0 Å². The number of nitrogens with one attached hydrogen (secondary N) is 1. The van der Waals surface area contributed by atoms with Crippen molar-refractivity contribution in [2.24, 2.45) is 0 Å². The highest BCUT2D eigenvalue weighted by atomic mass is 16.5. The summed E-state index contributed by atoms with van der Waals surface area (Å²) in [6, 6.07) is 1.78. The number of ether oxygens (including phenoxy) is 2. The van der Waals surface area contributed by atoms with Crippen LogP contribution in [0.3, 0.4) is 0 Å². The third-order valence-corrected chi connectivity index (χ3v) is 3.66. The SMILES string of the molecule is CCCCCNc1c(C(C)=O)c(OC)c2ccoc2c1OC. The summed E-state index contributed by atoms with van der Waals surface area (Å²) in [6.45, 7) is 4.44. The second kappa shape index (κ2) is 7.20. The van der Waals surface area contributed by atoms with Gasteiger partial charge in [-0.15, -0.1) is 0 Å². The lowest BCUT2D eigenvalue weighted by Crippen LogP contribution is -2.10. The van der Waals surface area contributed by atoms with Gasteiger partial charge in [0.2, 0.25) is 0 Å². The summed E-state index contributed by atoms with van der Waals surface area (Å²) >= 11 is 0. The Labute approximate surface area is 130 Å². The molecule has 0 aliphatic carbocycles. The van der Waals surface area contributed by atoms with Crippen molar-refractivity contribution in [1.82, 2.24) is 0 Å². The molecular formula is C17H23NO4. The van der Waals surface area contributed by atoms with Gasteiger partial charge in [-0.25, -0.2) is 0 Å². The molecule has 2 rings (SSSR count). The van der Waals surface area contributed by atoms with Gasteiger partial charge >= 0.3 is 0 Å². The van der Waals surface area contributed by atoms with Gasteiger partial charge in [0.15, 0.2) is 17.1 Å². The number of anilines is 1. The van der Waals surface area contributed by atoms with E-state index in [0.29, 0.717) is 28.3 Å². The second-order valence-electron chi connectivity index (χ2n) is 5.17. The Morgan fingerprint density at radius 3 is 2.55 bits per heavy atom. The fraction of sp³-hybridized carbons (Fsp3) is 0.471. The van der Waals surface area contributed by atoms with Crippen LogP contribution in [0.15, 0.2) is 16.7 Å². The molecule has 1 aromatic heterocycles. The highest BCUT2D eigenvalue weighted by molar-refractivity contribution is 6.11. The van der Waals surface area contributed by atoms with E-state index in [4.69, 9.17) is 13.9 Å². The number of benzene rings is 1. The zero-order valence-electron chi connectivity index (χ0n) is 13.6. The molecule has 0 saturated carbocycles. The molecule has 22 heavy (non-hydrogen) atoms. The lowest BCUT2D eigenvalue weighted by Gasteiger charge is -2.18. The first kappa shape index (κ1) is 16.2. The van der Waals surface area contributed by atoms with E-state index in [-0.39, 0.29) is 5.78 Å². The van der Waals surface area contributed by atoms with Crippen molar-refractivity contribution in [2.45, 2.75) is 33.1 Å². The Balaban J connectivity index is 2.58. The average Bonchev–Trinajstić information content (AvgIpc) is 2.98. The number of fused-ring (bicyclic) bond motifs is 1. The van der Waals surface area contributed by atoms with Crippen LogP contribution in [0.2, 0.25) is 0 Å². The number of hydrogen-bond acceptors (Lipinski definition) is 5. The maximum Gasteiger partial charge on any atom is 0.186 e. The van der Waals surface area contributed by atoms with Crippen molar-refractivity contribution in [2.75, 3.05) is 26.1 Å². The molecule has 1 heterocycles. The maximum atomic E-state index is 12.2. The number of rotatable bonds is 8. The smallest absolute Gasteiger partial charge is 0.186 e. The first-order chi connectivity index (χ1) is 10.7. The van der Waals surface area contributed by atoms with Crippen molar-refractivity contribution < 1.29 is 18.7 Å². The summed E-state index contributed by atoms with van der Waals surface area (Å²) in [6.07, 6.45) is 4.86. The third kappa shape index (κ3) is 2.89. The van der Waals surface area contributed by atoms with E-state index in [0.717, 1.165) is 31.2 Å². The third-order valence-electron chi connectivity index (χ3n) is 3.66. The molecule has 0 aliphatic heterocycles. The molecule has 0 atom stereocenters. The Bertz CT molecular complexity index is 660. The quantitative estimate of drug-likeness (QED) is 0.583. The van der Waals surface area contributed by atoms with E-state index in [1.165, 1.54) is 6.92 Å². The lowest BCUT2D eigenvalue weighted by atomic mass is 10.0. The number of carbonyl (C=O) groups is 1. The van der Waals surface area contributed by atoms with E-state index in [1.54, 1.807) is 26.5 Å². The molecule has 0 bridgehead atoms. The largest absolute Gasteiger partial charge is 0.495 e. The molecule has 0 spiro atoms. The van der Waals surface area contributed by atoms with E-state index in [9.17, 15) is 4.79 Å². The minimum Gasteiger partial charge on any atom is -0.495 e. The predicted octanol–water partition coefficient (Wildman–Crippen LogP) is 4.25. The van der Waals surface area contributed by atoms with E-state index in [1.807, 2.05) is 0 Å². The van der Waals surface area contributed by atoms with Gasteiger partial charge in [0.1, 0.15) is 5.75 Å². The van der Waals surface area contributed by atoms with Crippen LogP contribution in [0.1, 0.15) is 43.5 Å². The molecule has 120 valence electrons. The summed E-state index contributed by atoms with van der Waals surface area (Å²) in [4.78, 5) is 12.2. The van der Waals surface area contributed by atoms with Crippen LogP contribution in [-0.4, -0.2) is 26.5 Å². The normalized spacial score (nSPS) is 10.7. The Hall–Kier alpha value is -2.17. The average molecular weight is 305 g/mol. The predicted molar refractivity (Wildman–Crippen MR) is 87.3 cm³/mol. The molecule has 0 fully saturated rings. The fourth-order valence-corrected chi connectivity index (χ4v) is 2.64. The van der Waals surface area contributed by atoms with Crippen molar-refractivity contribution in [1.29, 1.82) is 0 Å². The van der Waals surface area contributed by atoms with Crippen LogP contribution in [0.25, 0.3) is 11.0 Å². The molecule has 5 heteroatoms. The molecular weight excluding hydrogens is 282 g/mol. The fourth-order valence-electron chi connectivity index (χ4n) is 2.64. The first-order valence-corrected chi connectivity index (χ1v) is 7.55. The molecule has 0 radical (unpaired) electrons. The minimum atomic E-state index is -0.0729. The topological polar surface area (TPSA) is 60.7 Å². The molecule has 1 N–H and O–H groups in total. The molecule has 0 unspecified atom stereocenters. The van der Waals surface area contributed by atoms with Crippen LogP contribution in [0.5, 0.6) is 11.5 Å². The van der Waals surface area contributed by atoms with Crippen LogP contribution >= 0.6 is 0 Å². The Morgan fingerprint density at radius 1 is 1.23 bits per heavy atom. The second-order valence-corrected chi connectivity index (χ2v) is 5.17. The van der Waals surface area contributed by atoms with Gasteiger partial charge in [-0.05, 0) is 19.4 Å². The monoisotopic (exact) mass is 305 g/mol. The summed E-state index contributed by atoms with van der Waals surface area (Å²) in [5.41, 5.74) is 1.73. The van der Waals surface area contributed by atoms with Gasteiger partial charge in [0.25, 0.3) is 0 Å². The molecule has 0 saturated heterocycles. The van der Waals surface area contributed by atoms with Gasteiger partial charge in [-0.1, -0.05) is 19.8 Å². The molecule has 0 amide bonds. The van der Waals surface area contributed by atoms with E-state index in [2.05, 4.69) is 12.2 Å². The van der Waals surface area contributed by atoms with Crippen molar-refractivity contribution in [3.05, 3.63) is 17.9 Å². The van der Waals surface area contributed by atoms with Crippen molar-refractivity contribution >= 4 is 22.4 Å². The van der Waals surface area contributed by atoms with Gasteiger partial charge in [0, 0.05) is 6.54 Å². The number of methoxy groups -OCH3 is 2. The zero-order chi connectivity index (χ0) is 16.1. The van der Waals surface area contributed by atoms with Crippen molar-refractivity contribution in [3.8, 4) is 11.5 Å². The summed E-state index contributed by atoms with van der Waals surface area (Å²) in [7, 11) is 3.13. The Morgan fingerprint density at radius 2 is 1.95 bits per heavy atom. The maximum absolute atomic E-state index is 12.2. The summed E-state index contributed by atoms with van der Waals surface area (Å²) < 4.78 is 16.5. The first-order valence-electron chi connectivity index (χ1n) is 7.55. The lowest BCUT2D eigenvalue weighted by molar-refractivity contribution is 0.101. The summed E-state index contributed by atoms with van der Waals surface area (Å²) in [5.74, 6) is 0.994. The molecule has 1 aromatic carbocycles. The number of Topliss-reactive ketones (excluding diaryl/α,β-unsaturated/α-hetero) is 1. The molecule has 0 aliphatic rings. The van der Waals surface area contributed by atoms with Gasteiger partial charge < -0.3 is 19.2 Å². The highest BCUT2D eigenvalue weighted by Gasteiger charge is 2.25. The van der Waals surface area contributed by atoms with Gasteiger partial charge in [0.05, 0.1) is 37.1 Å². The number of carbonyl (C=O) groups excluding carboxylic acids is 1. The van der Waals surface area contributed by atoms with Gasteiger partial charge in [-0.2, -0.15) is 0 Å². The number of ketones is 1. The van der Waals surface area contributed by atoms with Crippen LogP contribution in [0.4, 0.5) is 5.69 Å². The number of furan rings is 1. The number of unbranched alkanes of at least 4 members (excludes halogenated alkanes) is 2. The molecule has 2 aromatic rings. The van der Waals surface area contributed by atoms with E-state index < -0.39 is 0 Å². The summed E-state index contributed by atoms with van der Waals surface area (Å²) in [5, 5.41) is 4.06. The molecule has 5 nitrogen and oxygen atoms in total. The van der Waals surface area contributed by atoms with Gasteiger partial charge in [-0.3, -0.25) is 4.79 Å². The zero-order valence-corrected chi connectivity index (χ0v) is 13.6. The standard InChI is InChI=1S/C17H23NO4/c1-5-6-7-9-18-14-13(11(2)19)15(20-3)12-8-10-22-16(12)17(14)21-4/h8,10,18H,5-7,9H2,1-4H3. The van der Waals surface area contributed by atoms with Crippen LogP contribution in [0, 0.1) is 0 Å². The van der Waals surface area contributed by atoms with Crippen LogP contribution in [-0.2, 0) is 0 Å².